The number of aliphatic hydroxyl groups is 1. The van der Waals surface area contributed by atoms with Crippen LogP contribution in [-0.4, -0.2) is 29.8 Å². The number of ether oxygens (including phenoxy) is 1. The number of likely N-dealkylation sites (tertiary alicyclic amines) is 1. The van der Waals surface area contributed by atoms with Gasteiger partial charge in [-0.2, -0.15) is 5.26 Å². The molecule has 1 heterocycles. The molecule has 1 aliphatic heterocycles. The van der Waals surface area contributed by atoms with Crippen LogP contribution in [0.5, 0.6) is 5.75 Å². The van der Waals surface area contributed by atoms with Crippen LogP contribution in [0.1, 0.15) is 29.2 Å². The minimum Gasteiger partial charge on any atom is -0.495 e. The van der Waals surface area contributed by atoms with Gasteiger partial charge in [0.1, 0.15) is 23.5 Å². The predicted octanol–water partition coefficient (Wildman–Crippen LogP) is 3.15. The van der Waals surface area contributed by atoms with Crippen molar-refractivity contribution in [2.45, 2.75) is 25.1 Å². The van der Waals surface area contributed by atoms with Crippen molar-refractivity contribution in [2.24, 2.45) is 0 Å². The quantitative estimate of drug-likeness (QED) is 0.926. The number of halogens is 2. The predicted molar refractivity (Wildman–Crippen MR) is 87.8 cm³/mol. The Hall–Kier alpha value is -2.49. The van der Waals surface area contributed by atoms with Gasteiger partial charge in [0, 0.05) is 24.7 Å². The first-order chi connectivity index (χ1) is 12.0. The summed E-state index contributed by atoms with van der Waals surface area (Å²) in [6, 6.07) is 10.3. The van der Waals surface area contributed by atoms with Crippen molar-refractivity contribution in [1.29, 1.82) is 5.26 Å². The van der Waals surface area contributed by atoms with Gasteiger partial charge >= 0.3 is 0 Å². The summed E-state index contributed by atoms with van der Waals surface area (Å²) < 4.78 is 32.8. The van der Waals surface area contributed by atoms with Crippen molar-refractivity contribution in [2.75, 3.05) is 13.7 Å². The summed E-state index contributed by atoms with van der Waals surface area (Å²) in [5, 5.41) is 19.2. The topological polar surface area (TPSA) is 56.5 Å². The lowest BCUT2D eigenvalue weighted by atomic mass is 10.0. The van der Waals surface area contributed by atoms with Crippen LogP contribution < -0.4 is 4.74 Å². The smallest absolute Gasteiger partial charge is 0.136 e. The molecule has 0 radical (unpaired) electrons. The summed E-state index contributed by atoms with van der Waals surface area (Å²) in [7, 11) is 1.50. The van der Waals surface area contributed by atoms with E-state index in [0.29, 0.717) is 30.8 Å². The molecule has 3 rings (SSSR count). The molecular weight excluding hydrogens is 326 g/mol. The van der Waals surface area contributed by atoms with E-state index in [4.69, 9.17) is 4.74 Å². The van der Waals surface area contributed by atoms with Crippen molar-refractivity contribution in [3.63, 3.8) is 0 Å². The van der Waals surface area contributed by atoms with Crippen LogP contribution in [0.15, 0.2) is 36.4 Å². The fraction of sp³-hybridized carbons (Fsp3) is 0.316. The average molecular weight is 344 g/mol. The molecule has 0 aromatic heterocycles. The van der Waals surface area contributed by atoms with Crippen molar-refractivity contribution in [3.8, 4) is 11.8 Å². The third kappa shape index (κ3) is 3.63. The Labute approximate surface area is 144 Å². The summed E-state index contributed by atoms with van der Waals surface area (Å²) in [4.78, 5) is 1.89. The van der Waals surface area contributed by atoms with Gasteiger partial charge in [-0.15, -0.1) is 0 Å². The van der Waals surface area contributed by atoms with E-state index in [1.165, 1.54) is 13.2 Å². The lowest BCUT2D eigenvalue weighted by Crippen LogP contribution is -2.25. The molecule has 2 aromatic rings. The zero-order valence-electron chi connectivity index (χ0n) is 13.7. The molecule has 2 aromatic carbocycles. The van der Waals surface area contributed by atoms with Gasteiger partial charge in [-0.05, 0) is 42.3 Å². The van der Waals surface area contributed by atoms with Gasteiger partial charge in [-0.3, -0.25) is 4.90 Å². The number of methoxy groups -OCH3 is 1. The maximum absolute atomic E-state index is 14.1. The standard InChI is InChI=1S/C19H18F2N2O2/c1-25-19-5-2-12(6-13(19)9-22)10-23-11-15(24)8-18(23)16-7-14(20)3-4-17(16)21/h2-7,15,18,24H,8,10-11H2,1H3. The molecule has 25 heavy (non-hydrogen) atoms. The molecule has 1 N–H and O–H groups in total. The molecule has 4 nitrogen and oxygen atoms in total. The Balaban J connectivity index is 1.88. The van der Waals surface area contributed by atoms with E-state index in [9.17, 15) is 19.1 Å². The van der Waals surface area contributed by atoms with Crippen LogP contribution in [-0.2, 0) is 6.54 Å². The summed E-state index contributed by atoms with van der Waals surface area (Å²) in [5.74, 6) is -0.507. The number of benzene rings is 2. The second kappa shape index (κ2) is 7.18. The highest BCUT2D eigenvalue weighted by atomic mass is 19.1. The van der Waals surface area contributed by atoms with Crippen LogP contribution in [0.3, 0.4) is 0 Å². The zero-order chi connectivity index (χ0) is 18.0. The van der Waals surface area contributed by atoms with E-state index in [2.05, 4.69) is 6.07 Å². The van der Waals surface area contributed by atoms with Crippen LogP contribution in [0.2, 0.25) is 0 Å². The largest absolute Gasteiger partial charge is 0.495 e. The second-order valence-electron chi connectivity index (χ2n) is 6.15. The molecule has 1 aliphatic rings. The van der Waals surface area contributed by atoms with E-state index < -0.39 is 23.8 Å². The van der Waals surface area contributed by atoms with E-state index in [1.54, 1.807) is 12.1 Å². The van der Waals surface area contributed by atoms with Gasteiger partial charge in [-0.25, -0.2) is 8.78 Å². The molecular formula is C19H18F2N2O2. The molecule has 2 atom stereocenters. The minimum atomic E-state index is -0.610. The van der Waals surface area contributed by atoms with Gasteiger partial charge in [-0.1, -0.05) is 6.07 Å². The van der Waals surface area contributed by atoms with Gasteiger partial charge in [0.15, 0.2) is 0 Å². The first-order valence-corrected chi connectivity index (χ1v) is 7.96. The molecule has 1 saturated heterocycles. The van der Waals surface area contributed by atoms with Crippen LogP contribution in [0.4, 0.5) is 8.78 Å². The molecule has 0 aliphatic carbocycles. The molecule has 6 heteroatoms. The number of hydrogen-bond donors (Lipinski definition) is 1. The van der Waals surface area contributed by atoms with E-state index in [1.807, 2.05) is 11.0 Å². The molecule has 0 amide bonds. The van der Waals surface area contributed by atoms with E-state index in [0.717, 1.165) is 17.7 Å². The Morgan fingerprint density at radius 3 is 2.80 bits per heavy atom. The summed E-state index contributed by atoms with van der Waals surface area (Å²) in [5.41, 5.74) is 1.49. The summed E-state index contributed by atoms with van der Waals surface area (Å²) >= 11 is 0. The van der Waals surface area contributed by atoms with Crippen molar-refractivity contribution < 1.29 is 18.6 Å². The molecule has 0 spiro atoms. The molecule has 1 fully saturated rings. The van der Waals surface area contributed by atoms with Gasteiger partial charge in [0.25, 0.3) is 0 Å². The van der Waals surface area contributed by atoms with Crippen molar-refractivity contribution in [3.05, 3.63) is 64.7 Å². The second-order valence-corrected chi connectivity index (χ2v) is 6.15. The lowest BCUT2D eigenvalue weighted by molar-refractivity contribution is 0.172. The molecule has 2 unspecified atom stereocenters. The molecule has 0 saturated carbocycles. The first-order valence-electron chi connectivity index (χ1n) is 7.96. The monoisotopic (exact) mass is 344 g/mol. The van der Waals surface area contributed by atoms with Crippen molar-refractivity contribution in [1.82, 2.24) is 4.90 Å². The number of aliphatic hydroxyl groups excluding tert-OH is 1. The number of nitrogens with zero attached hydrogens (tertiary/aromatic N) is 2. The maximum Gasteiger partial charge on any atom is 0.136 e. The Morgan fingerprint density at radius 1 is 1.28 bits per heavy atom. The third-order valence-corrected chi connectivity index (χ3v) is 4.47. The average Bonchev–Trinajstić information content (AvgIpc) is 2.97. The first kappa shape index (κ1) is 17.3. The van der Waals surface area contributed by atoms with E-state index in [-0.39, 0.29) is 5.56 Å². The summed E-state index contributed by atoms with van der Waals surface area (Å²) in [6.45, 7) is 0.769. The van der Waals surface area contributed by atoms with Crippen LogP contribution in [0, 0.1) is 23.0 Å². The van der Waals surface area contributed by atoms with Crippen LogP contribution >= 0.6 is 0 Å². The fourth-order valence-electron chi connectivity index (χ4n) is 3.32. The highest BCUT2D eigenvalue weighted by Crippen LogP contribution is 2.35. The Bertz CT molecular complexity index is 820. The highest BCUT2D eigenvalue weighted by molar-refractivity contribution is 5.45. The van der Waals surface area contributed by atoms with Gasteiger partial charge in [0.2, 0.25) is 0 Å². The molecule has 130 valence electrons. The van der Waals surface area contributed by atoms with E-state index >= 15 is 0 Å². The SMILES string of the molecule is COc1ccc(CN2CC(O)CC2c2cc(F)ccc2F)cc1C#N. The maximum atomic E-state index is 14.1. The van der Waals surface area contributed by atoms with Gasteiger partial charge < -0.3 is 9.84 Å². The molecule has 0 bridgehead atoms. The third-order valence-electron chi connectivity index (χ3n) is 4.47. The zero-order valence-corrected chi connectivity index (χ0v) is 13.7. The lowest BCUT2D eigenvalue weighted by Gasteiger charge is -2.25. The Kier molecular flexibility index (Phi) is 4.98. The number of rotatable bonds is 4. The Morgan fingerprint density at radius 2 is 2.08 bits per heavy atom. The van der Waals surface area contributed by atoms with Crippen molar-refractivity contribution >= 4 is 0 Å². The number of hydrogen-bond acceptors (Lipinski definition) is 4. The summed E-state index contributed by atoms with van der Waals surface area (Å²) in [6.07, 6.45) is -0.275. The number of β-amino-alcohol motifs (C(OH)–C–C–N with tert-alkyl or cyclic N) is 1. The normalized spacial score (nSPS) is 20.4. The van der Waals surface area contributed by atoms with Gasteiger partial charge in [0.05, 0.1) is 18.8 Å². The number of nitriles is 1. The van der Waals surface area contributed by atoms with Crippen LogP contribution in [0.25, 0.3) is 0 Å². The minimum absolute atomic E-state index is 0.241. The highest BCUT2D eigenvalue weighted by Gasteiger charge is 2.33. The fourth-order valence-corrected chi connectivity index (χ4v) is 3.32.